The predicted molar refractivity (Wildman–Crippen MR) is 86.7 cm³/mol. The van der Waals surface area contributed by atoms with E-state index in [2.05, 4.69) is 4.98 Å². The standard InChI is InChI=1S/C16H20N2O2S/c1-3-15(19)18(10-7-11-20-2)16-17-14(12-21-16)13-8-5-4-6-9-13/h4-6,8-9,12H,3,7,10-11H2,1-2H3. The highest BCUT2D eigenvalue weighted by Gasteiger charge is 2.17. The Hall–Kier alpha value is -1.72. The van der Waals surface area contributed by atoms with Gasteiger partial charge in [-0.2, -0.15) is 0 Å². The molecule has 1 aromatic heterocycles. The predicted octanol–water partition coefficient (Wildman–Crippen LogP) is 3.59. The van der Waals surface area contributed by atoms with Crippen LogP contribution in [0, 0.1) is 0 Å². The van der Waals surface area contributed by atoms with Gasteiger partial charge >= 0.3 is 0 Å². The third-order valence-corrected chi connectivity index (χ3v) is 3.99. The van der Waals surface area contributed by atoms with E-state index < -0.39 is 0 Å². The van der Waals surface area contributed by atoms with Crippen molar-refractivity contribution in [2.45, 2.75) is 19.8 Å². The van der Waals surface area contributed by atoms with Gasteiger partial charge in [-0.1, -0.05) is 37.3 Å². The summed E-state index contributed by atoms with van der Waals surface area (Å²) in [5.74, 6) is 0.0973. The summed E-state index contributed by atoms with van der Waals surface area (Å²) in [5.41, 5.74) is 1.98. The van der Waals surface area contributed by atoms with E-state index in [1.165, 1.54) is 11.3 Å². The van der Waals surface area contributed by atoms with Crippen LogP contribution in [0.5, 0.6) is 0 Å². The van der Waals surface area contributed by atoms with Crippen molar-refractivity contribution in [1.82, 2.24) is 4.98 Å². The lowest BCUT2D eigenvalue weighted by molar-refractivity contribution is -0.118. The minimum absolute atomic E-state index is 0.0973. The molecule has 0 fully saturated rings. The molecule has 2 aromatic rings. The molecule has 0 aliphatic carbocycles. The molecule has 0 aliphatic rings. The Labute approximate surface area is 129 Å². The zero-order valence-corrected chi connectivity index (χ0v) is 13.2. The summed E-state index contributed by atoms with van der Waals surface area (Å²) in [6, 6.07) is 10.0. The maximum Gasteiger partial charge on any atom is 0.228 e. The first-order valence-corrected chi connectivity index (χ1v) is 7.94. The highest BCUT2D eigenvalue weighted by atomic mass is 32.1. The largest absolute Gasteiger partial charge is 0.385 e. The Morgan fingerprint density at radius 2 is 2.10 bits per heavy atom. The second kappa shape index (κ2) is 7.90. The third-order valence-electron chi connectivity index (χ3n) is 3.13. The number of thiazole rings is 1. The number of benzene rings is 1. The number of carbonyl (C=O) groups excluding carboxylic acids is 1. The van der Waals surface area contributed by atoms with Gasteiger partial charge in [0.15, 0.2) is 5.13 Å². The highest BCUT2D eigenvalue weighted by Crippen LogP contribution is 2.27. The number of ether oxygens (including phenoxy) is 1. The lowest BCUT2D eigenvalue weighted by Gasteiger charge is -2.18. The van der Waals surface area contributed by atoms with Crippen molar-refractivity contribution in [3.8, 4) is 11.3 Å². The Balaban J connectivity index is 2.17. The number of aromatic nitrogens is 1. The Bertz CT molecular complexity index is 569. The average Bonchev–Trinajstić information content (AvgIpc) is 3.01. The van der Waals surface area contributed by atoms with Crippen LogP contribution in [0.1, 0.15) is 19.8 Å². The molecule has 0 unspecified atom stereocenters. The van der Waals surface area contributed by atoms with E-state index in [9.17, 15) is 4.79 Å². The molecule has 0 radical (unpaired) electrons. The fourth-order valence-electron chi connectivity index (χ4n) is 2.01. The van der Waals surface area contributed by atoms with E-state index in [1.807, 2.05) is 42.6 Å². The van der Waals surface area contributed by atoms with E-state index in [1.54, 1.807) is 12.0 Å². The number of nitrogens with zero attached hydrogens (tertiary/aromatic N) is 2. The minimum Gasteiger partial charge on any atom is -0.385 e. The van der Waals surface area contributed by atoms with Crippen molar-refractivity contribution in [2.75, 3.05) is 25.2 Å². The number of carbonyl (C=O) groups is 1. The van der Waals surface area contributed by atoms with Crippen LogP contribution in [-0.4, -0.2) is 31.2 Å². The fourth-order valence-corrected chi connectivity index (χ4v) is 2.89. The molecule has 0 saturated heterocycles. The van der Waals surface area contributed by atoms with Gasteiger partial charge < -0.3 is 4.74 Å². The maximum atomic E-state index is 12.1. The maximum absolute atomic E-state index is 12.1. The van der Waals surface area contributed by atoms with Crippen LogP contribution in [0.4, 0.5) is 5.13 Å². The number of amides is 1. The molecule has 0 atom stereocenters. The van der Waals surface area contributed by atoms with Crippen LogP contribution in [0.25, 0.3) is 11.3 Å². The zero-order chi connectivity index (χ0) is 15.1. The quantitative estimate of drug-likeness (QED) is 0.734. The monoisotopic (exact) mass is 304 g/mol. The summed E-state index contributed by atoms with van der Waals surface area (Å²) in [6.07, 6.45) is 1.29. The Morgan fingerprint density at radius 3 is 2.76 bits per heavy atom. The molecule has 0 bridgehead atoms. The smallest absolute Gasteiger partial charge is 0.228 e. The van der Waals surface area contributed by atoms with Gasteiger partial charge in [0, 0.05) is 37.6 Å². The molecule has 1 heterocycles. The number of hydrogen-bond acceptors (Lipinski definition) is 4. The van der Waals surface area contributed by atoms with E-state index in [0.717, 1.165) is 22.8 Å². The first kappa shape index (κ1) is 15.7. The lowest BCUT2D eigenvalue weighted by Crippen LogP contribution is -2.31. The Morgan fingerprint density at radius 1 is 1.33 bits per heavy atom. The number of methoxy groups -OCH3 is 1. The summed E-state index contributed by atoms with van der Waals surface area (Å²) in [4.78, 5) is 18.5. The highest BCUT2D eigenvalue weighted by molar-refractivity contribution is 7.14. The summed E-state index contributed by atoms with van der Waals surface area (Å²) >= 11 is 1.51. The van der Waals surface area contributed by atoms with Gasteiger partial charge in [0.05, 0.1) is 5.69 Å². The number of anilines is 1. The SMILES string of the molecule is CCC(=O)N(CCCOC)c1nc(-c2ccccc2)cs1. The molecule has 1 aromatic carbocycles. The van der Waals surface area contributed by atoms with Gasteiger partial charge in [0.2, 0.25) is 5.91 Å². The molecule has 0 aliphatic heterocycles. The van der Waals surface area contributed by atoms with E-state index in [0.29, 0.717) is 19.6 Å². The van der Waals surface area contributed by atoms with Gasteiger partial charge in [-0.15, -0.1) is 11.3 Å². The van der Waals surface area contributed by atoms with Crippen molar-refractivity contribution in [2.24, 2.45) is 0 Å². The molecular weight excluding hydrogens is 284 g/mol. The summed E-state index contributed by atoms with van der Waals surface area (Å²) in [5, 5.41) is 2.76. The zero-order valence-electron chi connectivity index (χ0n) is 12.4. The first-order valence-electron chi connectivity index (χ1n) is 7.06. The molecule has 112 valence electrons. The molecule has 5 heteroatoms. The second-order valence-electron chi connectivity index (χ2n) is 4.63. The van der Waals surface area contributed by atoms with Crippen LogP contribution in [0.15, 0.2) is 35.7 Å². The van der Waals surface area contributed by atoms with Crippen molar-refractivity contribution < 1.29 is 9.53 Å². The normalized spacial score (nSPS) is 10.6. The second-order valence-corrected chi connectivity index (χ2v) is 5.46. The van der Waals surface area contributed by atoms with Crippen molar-refractivity contribution >= 4 is 22.4 Å². The van der Waals surface area contributed by atoms with Crippen LogP contribution in [-0.2, 0) is 9.53 Å². The van der Waals surface area contributed by atoms with Gasteiger partial charge in [0.25, 0.3) is 0 Å². The van der Waals surface area contributed by atoms with Gasteiger partial charge in [-0.3, -0.25) is 9.69 Å². The minimum atomic E-state index is 0.0973. The molecule has 21 heavy (non-hydrogen) atoms. The summed E-state index contributed by atoms with van der Waals surface area (Å²) < 4.78 is 5.06. The molecule has 0 saturated carbocycles. The van der Waals surface area contributed by atoms with Crippen LogP contribution in [0.2, 0.25) is 0 Å². The molecule has 0 spiro atoms. The molecular formula is C16H20N2O2S. The molecule has 1 amide bonds. The summed E-state index contributed by atoms with van der Waals surface area (Å²) in [6.45, 7) is 3.16. The summed E-state index contributed by atoms with van der Waals surface area (Å²) in [7, 11) is 1.67. The van der Waals surface area contributed by atoms with E-state index in [-0.39, 0.29) is 5.91 Å². The average molecular weight is 304 g/mol. The van der Waals surface area contributed by atoms with Crippen LogP contribution < -0.4 is 4.90 Å². The van der Waals surface area contributed by atoms with Gasteiger partial charge in [-0.25, -0.2) is 4.98 Å². The topological polar surface area (TPSA) is 42.4 Å². The van der Waals surface area contributed by atoms with Gasteiger partial charge in [0.1, 0.15) is 0 Å². The van der Waals surface area contributed by atoms with Gasteiger partial charge in [-0.05, 0) is 6.42 Å². The van der Waals surface area contributed by atoms with E-state index in [4.69, 9.17) is 4.74 Å². The lowest BCUT2D eigenvalue weighted by atomic mass is 10.2. The number of rotatable bonds is 7. The third kappa shape index (κ3) is 4.12. The van der Waals surface area contributed by atoms with Crippen molar-refractivity contribution in [3.63, 3.8) is 0 Å². The van der Waals surface area contributed by atoms with Crippen molar-refractivity contribution in [3.05, 3.63) is 35.7 Å². The number of hydrogen-bond donors (Lipinski definition) is 0. The van der Waals surface area contributed by atoms with Crippen LogP contribution in [0.3, 0.4) is 0 Å². The molecule has 4 nitrogen and oxygen atoms in total. The first-order chi connectivity index (χ1) is 10.3. The van der Waals surface area contributed by atoms with Crippen LogP contribution >= 0.6 is 11.3 Å². The molecule has 2 rings (SSSR count). The van der Waals surface area contributed by atoms with Crippen molar-refractivity contribution in [1.29, 1.82) is 0 Å². The molecule has 0 N–H and O–H groups in total. The fraction of sp³-hybridized carbons (Fsp3) is 0.375. The Kier molecular flexibility index (Phi) is 5.90. The van der Waals surface area contributed by atoms with E-state index >= 15 is 0 Å².